The number of pyridine rings is 1. The van der Waals surface area contributed by atoms with E-state index in [9.17, 15) is 20.1 Å². The number of hydrogen-bond donors (Lipinski definition) is 0. The molecule has 1 aliphatic rings. The Morgan fingerprint density at radius 2 is 1.96 bits per heavy atom. The van der Waals surface area contributed by atoms with Gasteiger partial charge in [0.1, 0.15) is 12.0 Å². The third-order valence-electron chi connectivity index (χ3n) is 4.36. The first-order chi connectivity index (χ1) is 12.9. The molecule has 1 aliphatic heterocycles. The summed E-state index contributed by atoms with van der Waals surface area (Å²) in [5.41, 5.74) is 0.916. The number of rotatable bonds is 5. The van der Waals surface area contributed by atoms with Gasteiger partial charge in [-0.2, -0.15) is 9.99 Å². The minimum atomic E-state index is -0.942. The van der Waals surface area contributed by atoms with Crippen molar-refractivity contribution >= 4 is 17.7 Å². The topological polar surface area (TPSA) is 116 Å². The summed E-state index contributed by atoms with van der Waals surface area (Å²) in [6.07, 6.45) is 1.32. The van der Waals surface area contributed by atoms with Crippen molar-refractivity contribution in [3.63, 3.8) is 0 Å². The zero-order valence-corrected chi connectivity index (χ0v) is 15.7. The van der Waals surface area contributed by atoms with Crippen LogP contribution in [0.1, 0.15) is 37.9 Å². The van der Waals surface area contributed by atoms with Crippen LogP contribution in [0.5, 0.6) is 0 Å². The standard InChI is InChI=1S/C19H21N3O5/c1-5-26-18(23)15-11(3)21-14(10-20)17(19(24)27-6-2)16(15)13-8-7-9-22(25)12(13)4/h7-9,15-16H,5-6H2,1-4H3. The first-order valence-electron chi connectivity index (χ1n) is 8.59. The fourth-order valence-corrected chi connectivity index (χ4v) is 3.17. The molecule has 0 aliphatic carbocycles. The van der Waals surface area contributed by atoms with Crippen molar-refractivity contribution in [3.8, 4) is 6.07 Å². The number of aromatic nitrogens is 1. The molecule has 0 spiro atoms. The molecular weight excluding hydrogens is 350 g/mol. The predicted molar refractivity (Wildman–Crippen MR) is 95.4 cm³/mol. The van der Waals surface area contributed by atoms with Gasteiger partial charge >= 0.3 is 11.9 Å². The van der Waals surface area contributed by atoms with E-state index >= 15 is 0 Å². The van der Waals surface area contributed by atoms with E-state index < -0.39 is 23.8 Å². The molecule has 0 N–H and O–H groups in total. The molecule has 0 amide bonds. The molecule has 2 unspecified atom stereocenters. The van der Waals surface area contributed by atoms with Gasteiger partial charge in [-0.25, -0.2) is 9.79 Å². The number of nitrogens with zero attached hydrogens (tertiary/aromatic N) is 3. The fraction of sp³-hybridized carbons (Fsp3) is 0.421. The molecule has 8 heteroatoms. The lowest BCUT2D eigenvalue weighted by Crippen LogP contribution is -2.39. The number of nitriles is 1. The Bertz CT molecular complexity index is 867. The number of aliphatic imine (C=N–C) groups is 1. The van der Waals surface area contributed by atoms with Crippen molar-refractivity contribution in [2.24, 2.45) is 10.9 Å². The summed E-state index contributed by atoms with van der Waals surface area (Å²) in [6, 6.07) is 5.07. The number of carbonyl (C=O) groups excluding carboxylic acids is 2. The Hall–Kier alpha value is -3.21. The van der Waals surface area contributed by atoms with Crippen LogP contribution in [0.2, 0.25) is 0 Å². The quantitative estimate of drug-likeness (QED) is 0.442. The summed E-state index contributed by atoms with van der Waals surface area (Å²) in [6.45, 7) is 6.73. The molecule has 142 valence electrons. The van der Waals surface area contributed by atoms with Crippen LogP contribution in [0.4, 0.5) is 0 Å². The van der Waals surface area contributed by atoms with Crippen molar-refractivity contribution in [3.05, 3.63) is 46.1 Å². The highest BCUT2D eigenvalue weighted by Gasteiger charge is 2.45. The van der Waals surface area contributed by atoms with E-state index in [1.165, 1.54) is 12.3 Å². The average molecular weight is 371 g/mol. The Kier molecular flexibility index (Phi) is 6.29. The maximum absolute atomic E-state index is 12.7. The van der Waals surface area contributed by atoms with Crippen molar-refractivity contribution in [1.82, 2.24) is 0 Å². The van der Waals surface area contributed by atoms with E-state index in [0.29, 0.717) is 21.7 Å². The van der Waals surface area contributed by atoms with Crippen molar-refractivity contribution < 1.29 is 23.8 Å². The van der Waals surface area contributed by atoms with Crippen LogP contribution in [-0.2, 0) is 19.1 Å². The summed E-state index contributed by atoms with van der Waals surface area (Å²) < 4.78 is 10.9. The van der Waals surface area contributed by atoms with E-state index in [1.54, 1.807) is 33.8 Å². The number of allylic oxidation sites excluding steroid dienone is 1. The second-order valence-corrected chi connectivity index (χ2v) is 5.93. The highest BCUT2D eigenvalue weighted by molar-refractivity contribution is 6.07. The molecule has 2 atom stereocenters. The average Bonchev–Trinajstić information content (AvgIpc) is 2.63. The SMILES string of the molecule is CCOC(=O)C1=C(C#N)N=C(C)C(C(=O)OCC)C1c1ccc[n+]([O-])c1C. The van der Waals surface area contributed by atoms with Gasteiger partial charge in [-0.1, -0.05) is 0 Å². The smallest absolute Gasteiger partial charge is 0.337 e. The van der Waals surface area contributed by atoms with Gasteiger partial charge in [-0.3, -0.25) is 4.79 Å². The highest BCUT2D eigenvalue weighted by Crippen LogP contribution is 2.40. The van der Waals surface area contributed by atoms with Gasteiger partial charge in [0, 0.05) is 30.2 Å². The normalized spacial score (nSPS) is 19.1. The summed E-state index contributed by atoms with van der Waals surface area (Å²) in [5.74, 6) is -3.17. The van der Waals surface area contributed by atoms with Crippen molar-refractivity contribution in [2.75, 3.05) is 13.2 Å². The summed E-state index contributed by atoms with van der Waals surface area (Å²) in [5, 5.41) is 21.6. The first kappa shape index (κ1) is 20.1. The zero-order valence-electron chi connectivity index (χ0n) is 15.7. The molecule has 0 fully saturated rings. The van der Waals surface area contributed by atoms with Crippen LogP contribution in [0.25, 0.3) is 0 Å². The third kappa shape index (κ3) is 3.82. The lowest BCUT2D eigenvalue weighted by molar-refractivity contribution is -0.612. The molecule has 2 heterocycles. The minimum Gasteiger partial charge on any atom is -0.619 e. The molecule has 1 aromatic heterocycles. The lowest BCUT2D eigenvalue weighted by atomic mass is 9.75. The van der Waals surface area contributed by atoms with Gasteiger partial charge in [0.15, 0.2) is 17.6 Å². The molecule has 8 nitrogen and oxygen atoms in total. The van der Waals surface area contributed by atoms with Gasteiger partial charge in [-0.15, -0.1) is 0 Å². The van der Waals surface area contributed by atoms with E-state index in [1.807, 2.05) is 6.07 Å². The highest BCUT2D eigenvalue weighted by atomic mass is 16.5. The van der Waals surface area contributed by atoms with Crippen LogP contribution in [0, 0.1) is 29.4 Å². The van der Waals surface area contributed by atoms with E-state index in [0.717, 1.165) is 0 Å². The maximum atomic E-state index is 12.7. The number of esters is 2. The Morgan fingerprint density at radius 1 is 1.30 bits per heavy atom. The summed E-state index contributed by atoms with van der Waals surface area (Å²) >= 11 is 0. The maximum Gasteiger partial charge on any atom is 0.337 e. The summed E-state index contributed by atoms with van der Waals surface area (Å²) in [7, 11) is 0. The van der Waals surface area contributed by atoms with Gasteiger partial charge in [0.05, 0.1) is 18.8 Å². The summed E-state index contributed by atoms with van der Waals surface area (Å²) in [4.78, 5) is 29.5. The second-order valence-electron chi connectivity index (χ2n) is 5.93. The second kappa shape index (κ2) is 8.45. The molecule has 0 saturated carbocycles. The van der Waals surface area contributed by atoms with Crippen LogP contribution in [-0.4, -0.2) is 30.9 Å². The molecule has 0 aromatic carbocycles. The van der Waals surface area contributed by atoms with Gasteiger partial charge in [0.25, 0.3) is 0 Å². The monoisotopic (exact) mass is 371 g/mol. The Labute approximate surface area is 157 Å². The number of carbonyl (C=O) groups is 2. The molecule has 1 aromatic rings. The minimum absolute atomic E-state index is 0.0442. The van der Waals surface area contributed by atoms with Gasteiger partial charge in [0.2, 0.25) is 0 Å². The molecule has 2 rings (SSSR count). The van der Waals surface area contributed by atoms with Crippen LogP contribution in [0.15, 0.2) is 34.6 Å². The van der Waals surface area contributed by atoms with Gasteiger partial charge in [-0.05, 0) is 26.8 Å². The van der Waals surface area contributed by atoms with Crippen LogP contribution in [0.3, 0.4) is 0 Å². The Balaban J connectivity index is 2.77. The van der Waals surface area contributed by atoms with E-state index in [2.05, 4.69) is 4.99 Å². The zero-order chi connectivity index (χ0) is 20.1. The largest absolute Gasteiger partial charge is 0.619 e. The molecule has 27 heavy (non-hydrogen) atoms. The van der Waals surface area contributed by atoms with Crippen molar-refractivity contribution in [2.45, 2.75) is 33.6 Å². The molecule has 0 saturated heterocycles. The Morgan fingerprint density at radius 3 is 2.56 bits per heavy atom. The van der Waals surface area contributed by atoms with Gasteiger partial charge < -0.3 is 14.7 Å². The van der Waals surface area contributed by atoms with E-state index in [4.69, 9.17) is 9.47 Å². The number of ether oxygens (including phenoxy) is 2. The predicted octanol–water partition coefficient (Wildman–Crippen LogP) is 1.71. The lowest BCUT2D eigenvalue weighted by Gasteiger charge is -2.30. The van der Waals surface area contributed by atoms with Crippen LogP contribution < -0.4 is 4.73 Å². The van der Waals surface area contributed by atoms with Crippen molar-refractivity contribution in [1.29, 1.82) is 5.26 Å². The molecule has 0 bridgehead atoms. The number of hydrogen-bond acceptors (Lipinski definition) is 7. The first-order valence-corrected chi connectivity index (χ1v) is 8.59. The molecule has 0 radical (unpaired) electrons. The van der Waals surface area contributed by atoms with E-state index in [-0.39, 0.29) is 24.5 Å². The fourth-order valence-electron chi connectivity index (χ4n) is 3.17. The third-order valence-corrected chi connectivity index (χ3v) is 4.36. The van der Waals surface area contributed by atoms with Crippen LogP contribution >= 0.6 is 0 Å². The molecular formula is C19H21N3O5.